The van der Waals surface area contributed by atoms with Crippen LogP contribution in [0.15, 0.2) is 22.8 Å². The molecule has 110 valence electrons. The Morgan fingerprint density at radius 3 is 2.50 bits per heavy atom. The second-order valence-corrected chi connectivity index (χ2v) is 7.53. The molecule has 0 radical (unpaired) electrons. The summed E-state index contributed by atoms with van der Waals surface area (Å²) in [6, 6.07) is 3.34. The number of ketones is 1. The minimum Gasteiger partial charge on any atom is -0.461 e. The van der Waals surface area contributed by atoms with Crippen LogP contribution < -0.4 is 0 Å². The lowest BCUT2D eigenvalue weighted by atomic mass is 10.2. The molecule has 2 aliphatic rings. The van der Waals surface area contributed by atoms with Crippen molar-refractivity contribution in [2.45, 2.75) is 18.1 Å². The lowest BCUT2D eigenvalue weighted by molar-refractivity contribution is 0.0874. The first-order valence-electron chi connectivity index (χ1n) is 6.85. The van der Waals surface area contributed by atoms with Crippen LogP contribution in [0.3, 0.4) is 0 Å². The van der Waals surface area contributed by atoms with Crippen molar-refractivity contribution in [2.75, 3.05) is 32.7 Å². The normalized spacial score (nSPS) is 22.0. The maximum atomic E-state index is 12.1. The number of furan rings is 1. The van der Waals surface area contributed by atoms with Gasteiger partial charge in [-0.15, -0.1) is 0 Å². The molecular formula is C13H18N2O4S. The molecule has 6 nitrogen and oxygen atoms in total. The van der Waals surface area contributed by atoms with Gasteiger partial charge in [0.2, 0.25) is 15.8 Å². The van der Waals surface area contributed by atoms with Gasteiger partial charge in [-0.2, -0.15) is 4.31 Å². The molecule has 1 saturated heterocycles. The Hall–Kier alpha value is -1.18. The van der Waals surface area contributed by atoms with E-state index in [4.69, 9.17) is 4.42 Å². The summed E-state index contributed by atoms with van der Waals surface area (Å²) in [5.41, 5.74) is 0. The van der Waals surface area contributed by atoms with Crippen molar-refractivity contribution in [1.29, 1.82) is 0 Å². The number of piperazine rings is 1. The Bertz CT molecular complexity index is 570. The van der Waals surface area contributed by atoms with E-state index in [1.807, 2.05) is 4.90 Å². The average Bonchev–Trinajstić information content (AvgIpc) is 3.16. The van der Waals surface area contributed by atoms with Crippen molar-refractivity contribution in [3.8, 4) is 0 Å². The fourth-order valence-electron chi connectivity index (χ4n) is 2.44. The average molecular weight is 298 g/mol. The molecule has 1 aromatic rings. The number of sulfonamides is 1. The molecule has 1 saturated carbocycles. The van der Waals surface area contributed by atoms with Crippen LogP contribution in [0.5, 0.6) is 0 Å². The first-order chi connectivity index (χ1) is 9.57. The van der Waals surface area contributed by atoms with Gasteiger partial charge in [0.05, 0.1) is 18.1 Å². The summed E-state index contributed by atoms with van der Waals surface area (Å²) < 4.78 is 30.8. The first-order valence-corrected chi connectivity index (χ1v) is 8.36. The topological polar surface area (TPSA) is 70.8 Å². The molecule has 3 rings (SSSR count). The van der Waals surface area contributed by atoms with Crippen LogP contribution in [0, 0.1) is 0 Å². The molecule has 0 spiro atoms. The molecule has 0 atom stereocenters. The predicted octanol–water partition coefficient (Wildman–Crippen LogP) is 0.572. The van der Waals surface area contributed by atoms with Gasteiger partial charge in [0, 0.05) is 26.2 Å². The molecule has 0 bridgehead atoms. The molecule has 7 heteroatoms. The minimum atomic E-state index is -3.08. The standard InChI is InChI=1S/C13H18N2O4S/c16-12(13-2-1-9-19-13)10-14-5-7-15(8-6-14)20(17,18)11-3-4-11/h1-2,9,11H,3-8,10H2. The van der Waals surface area contributed by atoms with Gasteiger partial charge in [0.25, 0.3) is 0 Å². The zero-order valence-corrected chi connectivity index (χ0v) is 12.0. The summed E-state index contributed by atoms with van der Waals surface area (Å²) in [5.74, 6) is 0.298. The molecule has 1 aliphatic heterocycles. The summed E-state index contributed by atoms with van der Waals surface area (Å²) in [7, 11) is -3.08. The van der Waals surface area contributed by atoms with Gasteiger partial charge < -0.3 is 4.42 Å². The Labute approximate surface area is 118 Å². The van der Waals surface area contributed by atoms with Gasteiger partial charge in [-0.25, -0.2) is 8.42 Å². The Morgan fingerprint density at radius 2 is 1.95 bits per heavy atom. The summed E-state index contributed by atoms with van der Waals surface area (Å²) in [6.07, 6.45) is 3.06. The highest BCUT2D eigenvalue weighted by Gasteiger charge is 2.41. The zero-order valence-electron chi connectivity index (χ0n) is 11.2. The smallest absolute Gasteiger partial charge is 0.217 e. The maximum absolute atomic E-state index is 12.1. The quantitative estimate of drug-likeness (QED) is 0.743. The van der Waals surface area contributed by atoms with Crippen molar-refractivity contribution in [3.05, 3.63) is 24.2 Å². The highest BCUT2D eigenvalue weighted by Crippen LogP contribution is 2.31. The summed E-state index contributed by atoms with van der Waals surface area (Å²) in [5, 5.41) is -0.154. The Kier molecular flexibility index (Phi) is 3.66. The van der Waals surface area contributed by atoms with Gasteiger partial charge in [-0.1, -0.05) is 0 Å². The number of hydrogen-bond acceptors (Lipinski definition) is 5. The van der Waals surface area contributed by atoms with Crippen LogP contribution >= 0.6 is 0 Å². The van der Waals surface area contributed by atoms with Crippen molar-refractivity contribution in [1.82, 2.24) is 9.21 Å². The van der Waals surface area contributed by atoms with E-state index >= 15 is 0 Å². The van der Waals surface area contributed by atoms with Crippen molar-refractivity contribution in [2.24, 2.45) is 0 Å². The second kappa shape index (κ2) is 5.31. The number of Topliss-reactive ketones (excluding diaryl/α,β-unsaturated/α-hetero) is 1. The van der Waals surface area contributed by atoms with Crippen LogP contribution in [0.25, 0.3) is 0 Å². The Morgan fingerprint density at radius 1 is 1.25 bits per heavy atom. The predicted molar refractivity (Wildman–Crippen MR) is 73.0 cm³/mol. The summed E-state index contributed by atoms with van der Waals surface area (Å²) in [4.78, 5) is 13.9. The SMILES string of the molecule is O=C(CN1CCN(S(=O)(=O)C2CC2)CC1)c1ccco1. The summed E-state index contributed by atoms with van der Waals surface area (Å²) in [6.45, 7) is 2.43. The van der Waals surface area contributed by atoms with Crippen LogP contribution in [-0.4, -0.2) is 61.4 Å². The molecular weight excluding hydrogens is 280 g/mol. The van der Waals surface area contributed by atoms with Crippen molar-refractivity contribution in [3.63, 3.8) is 0 Å². The third kappa shape index (κ3) is 2.79. The monoisotopic (exact) mass is 298 g/mol. The highest BCUT2D eigenvalue weighted by atomic mass is 32.2. The van der Waals surface area contributed by atoms with Gasteiger partial charge in [0.1, 0.15) is 0 Å². The van der Waals surface area contributed by atoms with E-state index < -0.39 is 10.0 Å². The molecule has 0 amide bonds. The number of hydrogen-bond donors (Lipinski definition) is 0. The maximum Gasteiger partial charge on any atom is 0.217 e. The van der Waals surface area contributed by atoms with E-state index in [2.05, 4.69) is 0 Å². The van der Waals surface area contributed by atoms with E-state index in [9.17, 15) is 13.2 Å². The van der Waals surface area contributed by atoms with E-state index in [0.717, 1.165) is 12.8 Å². The van der Waals surface area contributed by atoms with Gasteiger partial charge in [-0.3, -0.25) is 9.69 Å². The van der Waals surface area contributed by atoms with E-state index in [1.54, 1.807) is 16.4 Å². The molecule has 1 aliphatic carbocycles. The van der Waals surface area contributed by atoms with Crippen LogP contribution in [-0.2, 0) is 10.0 Å². The molecule has 20 heavy (non-hydrogen) atoms. The number of carbonyl (C=O) groups excluding carboxylic acids is 1. The van der Waals surface area contributed by atoms with Gasteiger partial charge in [0.15, 0.2) is 5.76 Å². The Balaban J connectivity index is 1.52. The molecule has 1 aromatic heterocycles. The minimum absolute atomic E-state index is 0.0616. The highest BCUT2D eigenvalue weighted by molar-refractivity contribution is 7.90. The lowest BCUT2D eigenvalue weighted by Crippen LogP contribution is -2.50. The second-order valence-electron chi connectivity index (χ2n) is 5.32. The number of nitrogens with zero attached hydrogens (tertiary/aromatic N) is 2. The van der Waals surface area contributed by atoms with Crippen LogP contribution in [0.2, 0.25) is 0 Å². The third-order valence-corrected chi connectivity index (χ3v) is 6.20. The van der Waals surface area contributed by atoms with Crippen LogP contribution in [0.4, 0.5) is 0 Å². The van der Waals surface area contributed by atoms with Gasteiger partial charge in [-0.05, 0) is 25.0 Å². The van der Waals surface area contributed by atoms with Crippen molar-refractivity contribution >= 4 is 15.8 Å². The molecule has 2 heterocycles. The molecule has 0 N–H and O–H groups in total. The van der Waals surface area contributed by atoms with E-state index in [0.29, 0.717) is 31.9 Å². The summed E-state index contributed by atoms with van der Waals surface area (Å²) >= 11 is 0. The fraction of sp³-hybridized carbons (Fsp3) is 0.615. The van der Waals surface area contributed by atoms with E-state index in [1.165, 1.54) is 6.26 Å². The lowest BCUT2D eigenvalue weighted by Gasteiger charge is -2.33. The largest absolute Gasteiger partial charge is 0.461 e. The third-order valence-electron chi connectivity index (χ3n) is 3.80. The van der Waals surface area contributed by atoms with Gasteiger partial charge >= 0.3 is 0 Å². The van der Waals surface area contributed by atoms with Crippen molar-refractivity contribution < 1.29 is 17.6 Å². The number of rotatable bonds is 5. The first kappa shape index (κ1) is 13.8. The zero-order chi connectivity index (χ0) is 14.2. The molecule has 0 aromatic carbocycles. The fourth-order valence-corrected chi connectivity index (χ4v) is 4.26. The van der Waals surface area contributed by atoms with E-state index in [-0.39, 0.29) is 17.6 Å². The molecule has 0 unspecified atom stereocenters. The number of carbonyl (C=O) groups is 1. The molecule has 2 fully saturated rings. The van der Waals surface area contributed by atoms with Crippen LogP contribution in [0.1, 0.15) is 23.4 Å².